The lowest BCUT2D eigenvalue weighted by Crippen LogP contribution is -2.18. The maximum Gasteiger partial charge on any atom is 0.159 e. The second kappa shape index (κ2) is 4.86. The van der Waals surface area contributed by atoms with E-state index in [1.807, 2.05) is 30.5 Å². The fraction of sp³-hybridized carbons (Fsp3) is 0.333. The van der Waals surface area contributed by atoms with Crippen LogP contribution in [0.25, 0.3) is 11.4 Å². The van der Waals surface area contributed by atoms with E-state index in [9.17, 15) is 0 Å². The lowest BCUT2D eigenvalue weighted by molar-refractivity contribution is 0.312. The molecule has 2 aromatic rings. The molecule has 92 valence electrons. The minimum atomic E-state index is 0.454. The minimum absolute atomic E-state index is 0.454. The number of benzene rings is 1. The summed E-state index contributed by atoms with van der Waals surface area (Å²) in [5, 5.41) is 0. The summed E-state index contributed by atoms with van der Waals surface area (Å²) < 4.78 is 0. The van der Waals surface area contributed by atoms with Gasteiger partial charge in [0.05, 0.1) is 11.7 Å². The van der Waals surface area contributed by atoms with Gasteiger partial charge in [0.2, 0.25) is 0 Å². The molecule has 1 aliphatic heterocycles. The van der Waals surface area contributed by atoms with E-state index in [1.54, 1.807) is 0 Å². The molecule has 0 N–H and O–H groups in total. The highest BCUT2D eigenvalue weighted by molar-refractivity contribution is 5.54. The van der Waals surface area contributed by atoms with Crippen LogP contribution in [0.3, 0.4) is 0 Å². The number of likely N-dealkylation sites (tertiary alicyclic amines) is 1. The summed E-state index contributed by atoms with van der Waals surface area (Å²) in [6, 6.07) is 12.7. The van der Waals surface area contributed by atoms with Crippen molar-refractivity contribution in [2.45, 2.75) is 18.9 Å². The topological polar surface area (TPSA) is 29.0 Å². The summed E-state index contributed by atoms with van der Waals surface area (Å²) in [6.07, 6.45) is 4.32. The Hall–Kier alpha value is -1.74. The Labute approximate surface area is 108 Å². The van der Waals surface area contributed by atoms with Crippen molar-refractivity contribution in [3.8, 4) is 11.4 Å². The average molecular weight is 239 g/mol. The third kappa shape index (κ3) is 2.14. The summed E-state index contributed by atoms with van der Waals surface area (Å²) >= 11 is 0. The van der Waals surface area contributed by atoms with E-state index in [0.29, 0.717) is 6.04 Å². The molecule has 1 atom stereocenters. The van der Waals surface area contributed by atoms with Crippen LogP contribution in [0.5, 0.6) is 0 Å². The van der Waals surface area contributed by atoms with Crippen LogP contribution in [-0.2, 0) is 0 Å². The van der Waals surface area contributed by atoms with Crippen LogP contribution in [0.1, 0.15) is 24.6 Å². The number of hydrogen-bond donors (Lipinski definition) is 0. The molecule has 0 saturated carbocycles. The van der Waals surface area contributed by atoms with Crippen molar-refractivity contribution >= 4 is 0 Å². The molecule has 1 aromatic heterocycles. The van der Waals surface area contributed by atoms with Crippen molar-refractivity contribution in [2.75, 3.05) is 13.6 Å². The molecular formula is C15H17N3. The Bertz CT molecular complexity index is 524. The fourth-order valence-corrected chi connectivity index (χ4v) is 2.57. The SMILES string of the molecule is CN1CCC[C@@H]1c1ccnc(-c2ccccc2)n1. The van der Waals surface area contributed by atoms with E-state index >= 15 is 0 Å². The Balaban J connectivity index is 1.94. The predicted molar refractivity (Wildman–Crippen MR) is 72.1 cm³/mol. The first-order valence-corrected chi connectivity index (χ1v) is 6.43. The van der Waals surface area contributed by atoms with Gasteiger partial charge in [-0.2, -0.15) is 0 Å². The zero-order valence-electron chi connectivity index (χ0n) is 10.6. The van der Waals surface area contributed by atoms with Crippen LogP contribution in [-0.4, -0.2) is 28.5 Å². The van der Waals surface area contributed by atoms with Gasteiger partial charge >= 0.3 is 0 Å². The summed E-state index contributed by atoms with van der Waals surface area (Å²) in [7, 11) is 2.17. The van der Waals surface area contributed by atoms with Crippen molar-refractivity contribution in [1.82, 2.24) is 14.9 Å². The third-order valence-corrected chi connectivity index (χ3v) is 3.57. The van der Waals surface area contributed by atoms with Gasteiger partial charge in [-0.05, 0) is 32.5 Å². The third-order valence-electron chi connectivity index (χ3n) is 3.57. The molecule has 18 heavy (non-hydrogen) atoms. The van der Waals surface area contributed by atoms with Gasteiger partial charge in [-0.1, -0.05) is 30.3 Å². The van der Waals surface area contributed by atoms with E-state index in [2.05, 4.69) is 29.1 Å². The molecule has 0 amide bonds. The van der Waals surface area contributed by atoms with Crippen molar-refractivity contribution in [3.05, 3.63) is 48.3 Å². The lowest BCUT2D eigenvalue weighted by Gasteiger charge is -2.18. The highest BCUT2D eigenvalue weighted by Crippen LogP contribution is 2.29. The van der Waals surface area contributed by atoms with Gasteiger partial charge in [0.1, 0.15) is 0 Å². The molecule has 3 rings (SSSR count). The molecule has 0 spiro atoms. The minimum Gasteiger partial charge on any atom is -0.298 e. The maximum atomic E-state index is 4.72. The van der Waals surface area contributed by atoms with Crippen molar-refractivity contribution in [2.24, 2.45) is 0 Å². The zero-order chi connectivity index (χ0) is 12.4. The van der Waals surface area contributed by atoms with Crippen molar-refractivity contribution < 1.29 is 0 Å². The smallest absolute Gasteiger partial charge is 0.159 e. The standard InChI is InChI=1S/C15H17N3/c1-18-11-5-8-14(18)13-9-10-16-15(17-13)12-6-3-2-4-7-12/h2-4,6-7,9-10,14H,5,8,11H2,1H3/t14-/m1/s1. The molecule has 1 aromatic carbocycles. The Morgan fingerprint density at radius 1 is 1.17 bits per heavy atom. The van der Waals surface area contributed by atoms with Crippen LogP contribution in [0.4, 0.5) is 0 Å². The molecular weight excluding hydrogens is 222 g/mol. The number of nitrogens with zero attached hydrogens (tertiary/aromatic N) is 3. The van der Waals surface area contributed by atoms with Crippen molar-refractivity contribution in [3.63, 3.8) is 0 Å². The van der Waals surface area contributed by atoms with Gasteiger partial charge < -0.3 is 0 Å². The second-order valence-corrected chi connectivity index (χ2v) is 4.81. The molecule has 2 heterocycles. The van der Waals surface area contributed by atoms with Crippen molar-refractivity contribution in [1.29, 1.82) is 0 Å². The van der Waals surface area contributed by atoms with E-state index < -0.39 is 0 Å². The molecule has 1 saturated heterocycles. The molecule has 0 unspecified atom stereocenters. The first-order valence-electron chi connectivity index (χ1n) is 6.43. The predicted octanol–water partition coefficient (Wildman–Crippen LogP) is 2.91. The highest BCUT2D eigenvalue weighted by atomic mass is 15.2. The van der Waals surface area contributed by atoms with Crippen LogP contribution >= 0.6 is 0 Å². The first kappa shape index (κ1) is 11.4. The largest absolute Gasteiger partial charge is 0.298 e. The van der Waals surface area contributed by atoms with E-state index in [4.69, 9.17) is 4.98 Å². The molecule has 3 nitrogen and oxygen atoms in total. The monoisotopic (exact) mass is 239 g/mol. The molecule has 0 radical (unpaired) electrons. The highest BCUT2D eigenvalue weighted by Gasteiger charge is 2.23. The fourth-order valence-electron chi connectivity index (χ4n) is 2.57. The number of rotatable bonds is 2. The van der Waals surface area contributed by atoms with Crippen LogP contribution < -0.4 is 0 Å². The molecule has 0 aliphatic carbocycles. The molecule has 1 aliphatic rings. The Morgan fingerprint density at radius 3 is 2.72 bits per heavy atom. The molecule has 0 bridgehead atoms. The van der Waals surface area contributed by atoms with Gasteiger partial charge in [-0.3, -0.25) is 4.90 Å². The second-order valence-electron chi connectivity index (χ2n) is 4.81. The Morgan fingerprint density at radius 2 is 2.00 bits per heavy atom. The van der Waals surface area contributed by atoms with Gasteiger partial charge in [0, 0.05) is 11.8 Å². The van der Waals surface area contributed by atoms with Gasteiger partial charge in [-0.25, -0.2) is 9.97 Å². The normalized spacial score (nSPS) is 20.2. The summed E-state index contributed by atoms with van der Waals surface area (Å²) in [5.74, 6) is 0.827. The maximum absolute atomic E-state index is 4.72. The van der Waals surface area contributed by atoms with Gasteiger partial charge in [-0.15, -0.1) is 0 Å². The zero-order valence-corrected chi connectivity index (χ0v) is 10.6. The van der Waals surface area contributed by atoms with Gasteiger partial charge in [0.15, 0.2) is 5.82 Å². The summed E-state index contributed by atoms with van der Waals surface area (Å²) in [5.41, 5.74) is 2.23. The Kier molecular flexibility index (Phi) is 3.07. The average Bonchev–Trinajstić information content (AvgIpc) is 2.86. The van der Waals surface area contributed by atoms with E-state index in [0.717, 1.165) is 23.6 Å². The quantitative estimate of drug-likeness (QED) is 0.807. The van der Waals surface area contributed by atoms with Crippen LogP contribution in [0.15, 0.2) is 42.6 Å². The summed E-state index contributed by atoms with van der Waals surface area (Å²) in [6.45, 7) is 1.16. The molecule has 1 fully saturated rings. The lowest BCUT2D eigenvalue weighted by atomic mass is 10.1. The number of hydrogen-bond acceptors (Lipinski definition) is 3. The first-order chi connectivity index (χ1) is 8.84. The summed E-state index contributed by atoms with van der Waals surface area (Å²) in [4.78, 5) is 11.5. The van der Waals surface area contributed by atoms with Crippen LogP contribution in [0.2, 0.25) is 0 Å². The van der Waals surface area contributed by atoms with Gasteiger partial charge in [0.25, 0.3) is 0 Å². The number of aromatic nitrogens is 2. The van der Waals surface area contributed by atoms with E-state index in [1.165, 1.54) is 12.8 Å². The molecule has 3 heteroatoms. The van der Waals surface area contributed by atoms with E-state index in [-0.39, 0.29) is 0 Å². The van der Waals surface area contributed by atoms with Crippen LogP contribution in [0, 0.1) is 0 Å².